The third-order valence-electron chi connectivity index (χ3n) is 6.02. The van der Waals surface area contributed by atoms with Crippen molar-refractivity contribution in [3.05, 3.63) is 42.4 Å². The number of likely N-dealkylation sites (tertiary alicyclic amines) is 1. The van der Waals surface area contributed by atoms with Gasteiger partial charge >= 0.3 is 0 Å². The largest absolute Gasteiger partial charge is 0.384 e. The number of imidazole rings is 1. The molecule has 0 unspecified atom stereocenters. The van der Waals surface area contributed by atoms with Gasteiger partial charge in [-0.3, -0.25) is 4.79 Å². The quantitative estimate of drug-likeness (QED) is 0.930. The molecule has 1 saturated heterocycles. The topological polar surface area (TPSA) is 58.2 Å². The summed E-state index contributed by atoms with van der Waals surface area (Å²) in [7, 11) is 1.75. The first kappa shape index (κ1) is 16.3. The first-order valence-corrected chi connectivity index (χ1v) is 8.84. The molecule has 4 rings (SSSR count). The summed E-state index contributed by atoms with van der Waals surface area (Å²) in [6.07, 6.45) is 2.71. The van der Waals surface area contributed by atoms with Gasteiger partial charge in [-0.25, -0.2) is 4.98 Å². The van der Waals surface area contributed by atoms with Crippen LogP contribution < -0.4 is 0 Å². The van der Waals surface area contributed by atoms with Gasteiger partial charge < -0.3 is 14.6 Å². The molecule has 2 aliphatic rings. The molecular formula is C20H25N3O2. The predicted octanol–water partition coefficient (Wildman–Crippen LogP) is 3.21. The van der Waals surface area contributed by atoms with E-state index in [1.807, 2.05) is 35.2 Å². The second kappa shape index (κ2) is 5.70. The van der Waals surface area contributed by atoms with E-state index in [0.29, 0.717) is 11.6 Å². The van der Waals surface area contributed by atoms with Crippen LogP contribution in [0.5, 0.6) is 0 Å². The number of rotatable bonds is 4. The zero-order valence-electron chi connectivity index (χ0n) is 15.1. The fourth-order valence-electron chi connectivity index (χ4n) is 5.19. The summed E-state index contributed by atoms with van der Waals surface area (Å²) in [6.45, 7) is 6.87. The van der Waals surface area contributed by atoms with Gasteiger partial charge in [0.05, 0.1) is 12.9 Å². The van der Waals surface area contributed by atoms with Crippen molar-refractivity contribution < 1.29 is 9.53 Å². The number of aromatic amines is 1. The molecule has 0 radical (unpaired) electrons. The maximum absolute atomic E-state index is 13.2. The number of aromatic nitrogens is 2. The number of fused-ring (bicyclic) bond motifs is 1. The number of H-pyrrole nitrogens is 1. The molecule has 5 heteroatoms. The molecule has 1 saturated carbocycles. The van der Waals surface area contributed by atoms with E-state index < -0.39 is 0 Å². The van der Waals surface area contributed by atoms with E-state index in [-0.39, 0.29) is 16.7 Å². The smallest absolute Gasteiger partial charge is 0.272 e. The number of amides is 1. The Labute approximate surface area is 148 Å². The van der Waals surface area contributed by atoms with Crippen LogP contribution in [0, 0.1) is 16.7 Å². The highest BCUT2D eigenvalue weighted by Gasteiger charge is 2.63. The van der Waals surface area contributed by atoms with Gasteiger partial charge in [0.25, 0.3) is 5.91 Å². The van der Waals surface area contributed by atoms with Gasteiger partial charge in [0.1, 0.15) is 11.4 Å². The van der Waals surface area contributed by atoms with E-state index in [9.17, 15) is 4.79 Å². The Balaban J connectivity index is 1.60. The maximum Gasteiger partial charge on any atom is 0.272 e. The molecule has 5 nitrogen and oxygen atoms in total. The summed E-state index contributed by atoms with van der Waals surface area (Å²) in [5.41, 5.74) is 2.65. The van der Waals surface area contributed by atoms with Crippen molar-refractivity contribution in [1.29, 1.82) is 0 Å². The Morgan fingerprint density at radius 3 is 2.80 bits per heavy atom. The molecule has 132 valence electrons. The second-order valence-electron chi connectivity index (χ2n) is 8.19. The number of carbonyl (C=O) groups is 1. The average Bonchev–Trinajstić information content (AvgIpc) is 3.19. The minimum atomic E-state index is 0.0389. The van der Waals surface area contributed by atoms with Crippen LogP contribution in [0.2, 0.25) is 0 Å². The molecule has 1 aliphatic carbocycles. The van der Waals surface area contributed by atoms with Crippen molar-refractivity contribution in [3.63, 3.8) is 0 Å². The summed E-state index contributed by atoms with van der Waals surface area (Å²) in [4.78, 5) is 22.6. The van der Waals surface area contributed by atoms with Gasteiger partial charge in [0.2, 0.25) is 0 Å². The Hall–Kier alpha value is -2.14. The molecular weight excluding hydrogens is 314 g/mol. The minimum Gasteiger partial charge on any atom is -0.384 e. The van der Waals surface area contributed by atoms with Crippen LogP contribution in [-0.4, -0.2) is 47.6 Å². The molecule has 2 fully saturated rings. The molecule has 0 spiro atoms. The molecule has 0 bridgehead atoms. The van der Waals surface area contributed by atoms with Crippen LogP contribution >= 0.6 is 0 Å². The molecule has 2 atom stereocenters. The Bertz CT molecular complexity index is 783. The van der Waals surface area contributed by atoms with Crippen LogP contribution in [-0.2, 0) is 4.74 Å². The van der Waals surface area contributed by atoms with E-state index in [4.69, 9.17) is 4.74 Å². The first-order valence-electron chi connectivity index (χ1n) is 8.84. The minimum absolute atomic E-state index is 0.0389. The summed E-state index contributed by atoms with van der Waals surface area (Å²) in [5, 5.41) is 0. The molecule has 1 amide bonds. The molecule has 1 N–H and O–H groups in total. The number of hydrogen-bond acceptors (Lipinski definition) is 3. The van der Waals surface area contributed by atoms with E-state index in [1.54, 1.807) is 13.4 Å². The fourth-order valence-corrected chi connectivity index (χ4v) is 5.19. The van der Waals surface area contributed by atoms with Crippen LogP contribution in [0.4, 0.5) is 0 Å². The number of methoxy groups -OCH3 is 1. The summed E-state index contributed by atoms with van der Waals surface area (Å²) < 4.78 is 5.50. The molecule has 1 aromatic carbocycles. The average molecular weight is 339 g/mol. The molecule has 1 aromatic heterocycles. The van der Waals surface area contributed by atoms with Gasteiger partial charge in [0, 0.05) is 31.2 Å². The number of carbonyl (C=O) groups excluding carboxylic acids is 1. The lowest BCUT2D eigenvalue weighted by Crippen LogP contribution is -2.55. The zero-order valence-corrected chi connectivity index (χ0v) is 15.1. The molecule has 25 heavy (non-hydrogen) atoms. The number of benzene rings is 1. The van der Waals surface area contributed by atoms with E-state index in [1.165, 1.54) is 0 Å². The van der Waals surface area contributed by atoms with Crippen LogP contribution in [0.15, 0.2) is 36.7 Å². The summed E-state index contributed by atoms with van der Waals surface area (Å²) in [5.74, 6) is 0.532. The van der Waals surface area contributed by atoms with Crippen molar-refractivity contribution in [1.82, 2.24) is 14.9 Å². The van der Waals surface area contributed by atoms with E-state index in [2.05, 4.69) is 23.8 Å². The van der Waals surface area contributed by atoms with Crippen molar-refractivity contribution in [3.8, 4) is 11.3 Å². The molecule has 2 heterocycles. The highest BCUT2D eigenvalue weighted by Crippen LogP contribution is 2.62. The van der Waals surface area contributed by atoms with E-state index in [0.717, 1.165) is 37.4 Å². The van der Waals surface area contributed by atoms with Gasteiger partial charge in [-0.15, -0.1) is 0 Å². The number of nitrogens with zero attached hydrogens (tertiary/aromatic N) is 2. The van der Waals surface area contributed by atoms with Crippen LogP contribution in [0.1, 0.15) is 30.8 Å². The lowest BCUT2D eigenvalue weighted by atomic mass is 9.48. The second-order valence-corrected chi connectivity index (χ2v) is 8.19. The Morgan fingerprint density at radius 1 is 1.36 bits per heavy atom. The highest BCUT2D eigenvalue weighted by atomic mass is 16.5. The standard InChI is InChI=1S/C20H25N3O2/c1-19(2)10-20(12-25-3)11-23(9-15(19)20)18(24)17-16(21-13-22-17)14-7-5-4-6-8-14/h4-8,13,15H,9-12H2,1-3H3,(H,21,22)/t15-,20-/m1/s1. The van der Waals surface area contributed by atoms with Crippen molar-refractivity contribution in [2.45, 2.75) is 20.3 Å². The monoisotopic (exact) mass is 339 g/mol. The van der Waals surface area contributed by atoms with E-state index >= 15 is 0 Å². The normalized spacial score (nSPS) is 27.0. The van der Waals surface area contributed by atoms with Crippen LogP contribution in [0.3, 0.4) is 0 Å². The Kier molecular flexibility index (Phi) is 3.72. The third-order valence-corrected chi connectivity index (χ3v) is 6.02. The van der Waals surface area contributed by atoms with Gasteiger partial charge in [-0.2, -0.15) is 0 Å². The summed E-state index contributed by atoms with van der Waals surface area (Å²) in [6, 6.07) is 9.85. The number of ether oxygens (including phenoxy) is 1. The third kappa shape index (κ3) is 2.49. The Morgan fingerprint density at radius 2 is 2.12 bits per heavy atom. The van der Waals surface area contributed by atoms with Crippen LogP contribution in [0.25, 0.3) is 11.3 Å². The van der Waals surface area contributed by atoms with Crippen molar-refractivity contribution in [2.24, 2.45) is 16.7 Å². The van der Waals surface area contributed by atoms with Crippen molar-refractivity contribution >= 4 is 5.91 Å². The lowest BCUT2D eigenvalue weighted by molar-refractivity contribution is -0.107. The lowest BCUT2D eigenvalue weighted by Gasteiger charge is -2.56. The number of nitrogens with one attached hydrogen (secondary N) is 1. The van der Waals surface area contributed by atoms with Crippen molar-refractivity contribution in [2.75, 3.05) is 26.8 Å². The van der Waals surface area contributed by atoms with Gasteiger partial charge in [-0.05, 0) is 17.8 Å². The predicted molar refractivity (Wildman–Crippen MR) is 96.1 cm³/mol. The van der Waals surface area contributed by atoms with Gasteiger partial charge in [-0.1, -0.05) is 44.2 Å². The molecule has 2 aromatic rings. The van der Waals surface area contributed by atoms with Gasteiger partial charge in [0.15, 0.2) is 0 Å². The maximum atomic E-state index is 13.2. The number of hydrogen-bond donors (Lipinski definition) is 1. The zero-order chi connectivity index (χ0) is 17.7. The summed E-state index contributed by atoms with van der Waals surface area (Å²) >= 11 is 0. The highest BCUT2D eigenvalue weighted by molar-refractivity contribution is 5.98. The SMILES string of the molecule is COC[C@@]12CN(C(=O)c3[nH]cnc3-c3ccccc3)C[C@@H]1C(C)(C)C2. The fraction of sp³-hybridized carbons (Fsp3) is 0.500. The first-order chi connectivity index (χ1) is 12.0. The molecule has 1 aliphatic heterocycles.